The highest BCUT2D eigenvalue weighted by atomic mass is 19.4. The van der Waals surface area contributed by atoms with E-state index >= 15 is 0 Å². The topological polar surface area (TPSA) is 55.4 Å². The van der Waals surface area contributed by atoms with Gasteiger partial charge in [-0.05, 0) is 43.2 Å². The van der Waals surface area contributed by atoms with E-state index in [1.807, 2.05) is 0 Å². The highest BCUT2D eigenvalue weighted by Crippen LogP contribution is 2.33. The molecule has 0 amide bonds. The molecule has 0 heterocycles. The van der Waals surface area contributed by atoms with Gasteiger partial charge < -0.3 is 10.1 Å². The number of benzene rings is 2. The molecule has 2 rings (SSSR count). The number of alkyl halides is 3. The Morgan fingerprint density at radius 3 is 2.32 bits per heavy atom. The van der Waals surface area contributed by atoms with Crippen molar-refractivity contribution in [1.82, 2.24) is 0 Å². The molecule has 1 N–H and O–H groups in total. The summed E-state index contributed by atoms with van der Waals surface area (Å²) in [4.78, 5) is 25.3. The number of anilines is 1. The lowest BCUT2D eigenvalue weighted by molar-refractivity contribution is -0.148. The second kappa shape index (κ2) is 9.39. The van der Waals surface area contributed by atoms with Gasteiger partial charge in [-0.2, -0.15) is 13.2 Å². The maximum Gasteiger partial charge on any atom is 0.416 e. The Hall–Kier alpha value is -2.83. The number of rotatable bonds is 8. The number of carbonyl (C=O) groups excluding carboxylic acids is 2. The second-order valence-electron chi connectivity index (χ2n) is 6.14. The largest absolute Gasteiger partial charge is 0.465 e. The van der Waals surface area contributed by atoms with Gasteiger partial charge in [-0.15, -0.1) is 0 Å². The number of esters is 1. The zero-order valence-electron chi connectivity index (χ0n) is 15.7. The average molecular weight is 393 g/mol. The Balaban J connectivity index is 2.40. The van der Waals surface area contributed by atoms with Gasteiger partial charge in [-0.3, -0.25) is 9.59 Å². The first kappa shape index (κ1) is 21.5. The van der Waals surface area contributed by atoms with E-state index < -0.39 is 29.4 Å². The molecule has 0 aromatic heterocycles. The van der Waals surface area contributed by atoms with Gasteiger partial charge >= 0.3 is 12.1 Å². The molecule has 2 aromatic rings. The standard InChI is InChI=1S/C21H22F3NO3/c1-3-25-17-11-10-16(21(22,23)24)12-15(17)13-18(26)19(20(27)28-4-2)14-8-6-5-7-9-14/h5-12,19,25H,3-4,13H2,1-2H3. The fourth-order valence-corrected chi connectivity index (χ4v) is 2.89. The lowest BCUT2D eigenvalue weighted by atomic mass is 9.90. The Kier molecular flexibility index (Phi) is 7.20. The molecule has 7 heteroatoms. The molecule has 0 saturated carbocycles. The van der Waals surface area contributed by atoms with Crippen LogP contribution < -0.4 is 5.32 Å². The lowest BCUT2D eigenvalue weighted by Gasteiger charge is -2.18. The predicted molar refractivity (Wildman–Crippen MR) is 100 cm³/mol. The third kappa shape index (κ3) is 5.34. The third-order valence-corrected chi connectivity index (χ3v) is 4.14. The number of halogens is 3. The lowest BCUT2D eigenvalue weighted by Crippen LogP contribution is -2.26. The molecule has 28 heavy (non-hydrogen) atoms. The Labute approximate surface area is 161 Å². The maximum absolute atomic E-state index is 13.1. The van der Waals surface area contributed by atoms with Crippen molar-refractivity contribution in [2.24, 2.45) is 0 Å². The van der Waals surface area contributed by atoms with Crippen LogP contribution in [0.2, 0.25) is 0 Å². The van der Waals surface area contributed by atoms with Crippen molar-refractivity contribution in [1.29, 1.82) is 0 Å². The molecule has 1 unspecified atom stereocenters. The van der Waals surface area contributed by atoms with Crippen LogP contribution in [-0.4, -0.2) is 24.9 Å². The third-order valence-electron chi connectivity index (χ3n) is 4.14. The van der Waals surface area contributed by atoms with E-state index in [-0.39, 0.29) is 18.6 Å². The number of nitrogens with one attached hydrogen (secondary N) is 1. The smallest absolute Gasteiger partial charge is 0.416 e. The van der Waals surface area contributed by atoms with Crippen LogP contribution in [0.15, 0.2) is 48.5 Å². The number of hydrogen-bond acceptors (Lipinski definition) is 4. The second-order valence-corrected chi connectivity index (χ2v) is 6.14. The van der Waals surface area contributed by atoms with Crippen molar-refractivity contribution in [2.45, 2.75) is 32.4 Å². The zero-order valence-corrected chi connectivity index (χ0v) is 15.7. The molecule has 0 aliphatic heterocycles. The molecule has 0 radical (unpaired) electrons. The summed E-state index contributed by atoms with van der Waals surface area (Å²) >= 11 is 0. The van der Waals surface area contributed by atoms with Crippen LogP contribution >= 0.6 is 0 Å². The molecule has 1 atom stereocenters. The molecule has 0 spiro atoms. The van der Waals surface area contributed by atoms with E-state index in [1.54, 1.807) is 44.2 Å². The first-order valence-corrected chi connectivity index (χ1v) is 8.96. The Morgan fingerprint density at radius 2 is 1.75 bits per heavy atom. The van der Waals surface area contributed by atoms with Gasteiger partial charge in [0.2, 0.25) is 0 Å². The molecule has 0 bridgehead atoms. The summed E-state index contributed by atoms with van der Waals surface area (Å²) in [7, 11) is 0. The van der Waals surface area contributed by atoms with Crippen molar-refractivity contribution < 1.29 is 27.5 Å². The monoisotopic (exact) mass is 393 g/mol. The van der Waals surface area contributed by atoms with Gasteiger partial charge in [0, 0.05) is 18.7 Å². The van der Waals surface area contributed by atoms with Crippen molar-refractivity contribution in [3.05, 3.63) is 65.2 Å². The summed E-state index contributed by atoms with van der Waals surface area (Å²) in [5, 5.41) is 2.96. The Morgan fingerprint density at radius 1 is 1.07 bits per heavy atom. The fourth-order valence-electron chi connectivity index (χ4n) is 2.89. The summed E-state index contributed by atoms with van der Waals surface area (Å²) in [5.41, 5.74) is 0.221. The predicted octanol–water partition coefficient (Wildman–Crippen LogP) is 4.60. The SMILES string of the molecule is CCNc1ccc(C(F)(F)F)cc1CC(=O)C(C(=O)OCC)c1ccccc1. The van der Waals surface area contributed by atoms with Crippen LogP contribution in [0, 0.1) is 0 Å². The van der Waals surface area contributed by atoms with Gasteiger partial charge in [0.1, 0.15) is 5.92 Å². The van der Waals surface area contributed by atoms with Crippen LogP contribution in [0.5, 0.6) is 0 Å². The summed E-state index contributed by atoms with van der Waals surface area (Å²) in [6.07, 6.45) is -4.85. The van der Waals surface area contributed by atoms with Crippen LogP contribution in [0.3, 0.4) is 0 Å². The van der Waals surface area contributed by atoms with E-state index in [0.29, 0.717) is 17.8 Å². The molecule has 0 fully saturated rings. The number of ketones is 1. The van der Waals surface area contributed by atoms with Crippen molar-refractivity contribution in [2.75, 3.05) is 18.5 Å². The van der Waals surface area contributed by atoms with Crippen LogP contribution in [0.25, 0.3) is 0 Å². The maximum atomic E-state index is 13.1. The number of carbonyl (C=O) groups is 2. The highest BCUT2D eigenvalue weighted by molar-refractivity contribution is 6.05. The van der Waals surface area contributed by atoms with Gasteiger partial charge in [0.15, 0.2) is 5.78 Å². The first-order valence-electron chi connectivity index (χ1n) is 8.96. The van der Waals surface area contributed by atoms with Crippen LogP contribution in [-0.2, 0) is 26.9 Å². The fraction of sp³-hybridized carbons (Fsp3) is 0.333. The number of Topliss-reactive ketones (excluding diaryl/α,β-unsaturated/α-hetero) is 1. The van der Waals surface area contributed by atoms with Gasteiger partial charge in [-0.1, -0.05) is 30.3 Å². The van der Waals surface area contributed by atoms with Crippen molar-refractivity contribution in [3.63, 3.8) is 0 Å². The van der Waals surface area contributed by atoms with Gasteiger partial charge in [0.05, 0.1) is 12.2 Å². The van der Waals surface area contributed by atoms with Crippen LogP contribution in [0.1, 0.15) is 36.5 Å². The molecular formula is C21H22F3NO3. The highest BCUT2D eigenvalue weighted by Gasteiger charge is 2.33. The zero-order chi connectivity index (χ0) is 20.7. The van der Waals surface area contributed by atoms with E-state index in [4.69, 9.17) is 4.74 Å². The van der Waals surface area contributed by atoms with E-state index in [1.165, 1.54) is 6.07 Å². The molecule has 0 aliphatic rings. The molecule has 2 aromatic carbocycles. The summed E-state index contributed by atoms with van der Waals surface area (Å²) in [5.74, 6) is -2.43. The summed E-state index contributed by atoms with van der Waals surface area (Å²) in [6, 6.07) is 11.6. The quantitative estimate of drug-likeness (QED) is 0.526. The minimum atomic E-state index is -4.53. The van der Waals surface area contributed by atoms with Crippen molar-refractivity contribution >= 4 is 17.4 Å². The van der Waals surface area contributed by atoms with Crippen LogP contribution in [0.4, 0.5) is 18.9 Å². The minimum Gasteiger partial charge on any atom is -0.465 e. The summed E-state index contributed by atoms with van der Waals surface area (Å²) in [6.45, 7) is 4.00. The van der Waals surface area contributed by atoms with Gasteiger partial charge in [0.25, 0.3) is 0 Å². The Bertz CT molecular complexity index is 819. The van der Waals surface area contributed by atoms with Crippen molar-refractivity contribution in [3.8, 4) is 0 Å². The number of ether oxygens (including phenoxy) is 1. The molecule has 0 saturated heterocycles. The molecule has 4 nitrogen and oxygen atoms in total. The van der Waals surface area contributed by atoms with Gasteiger partial charge in [-0.25, -0.2) is 0 Å². The van der Waals surface area contributed by atoms with E-state index in [0.717, 1.165) is 12.1 Å². The minimum absolute atomic E-state index is 0.0989. The average Bonchev–Trinajstić information content (AvgIpc) is 2.64. The number of hydrogen-bond donors (Lipinski definition) is 1. The first-order chi connectivity index (χ1) is 13.3. The normalized spacial score (nSPS) is 12.3. The summed E-state index contributed by atoms with van der Waals surface area (Å²) < 4.78 is 44.3. The van der Waals surface area contributed by atoms with E-state index in [2.05, 4.69) is 5.32 Å². The molecule has 150 valence electrons. The molecule has 0 aliphatic carbocycles. The molecular weight excluding hydrogens is 371 g/mol. The van der Waals surface area contributed by atoms with E-state index in [9.17, 15) is 22.8 Å².